The lowest BCUT2D eigenvalue weighted by Gasteiger charge is -1.99. The predicted molar refractivity (Wildman–Crippen MR) is 169 cm³/mol. The van der Waals surface area contributed by atoms with E-state index >= 15 is 0 Å². The zero-order valence-corrected chi connectivity index (χ0v) is 31.3. The Labute approximate surface area is 302 Å². The number of aromatic nitrogens is 3. The van der Waals surface area contributed by atoms with Crippen LogP contribution in [-0.2, 0) is 19.6 Å². The molecular weight excluding hydrogens is 750 g/mol. The summed E-state index contributed by atoms with van der Waals surface area (Å²) >= 11 is 0. The fraction of sp³-hybridized carbons (Fsp3) is 0.308. The molecule has 0 amide bonds. The van der Waals surface area contributed by atoms with Crippen LogP contribution in [0.2, 0.25) is 0 Å². The van der Waals surface area contributed by atoms with Gasteiger partial charge in [0.15, 0.2) is 35.7 Å². The quantitative estimate of drug-likeness (QED) is 0.0974. The van der Waals surface area contributed by atoms with Gasteiger partial charge in [-0.05, 0) is 18.2 Å². The molecule has 1 aromatic carbocycles. The molecule has 4 aromatic rings. The summed E-state index contributed by atoms with van der Waals surface area (Å²) < 4.78 is 6.84. The zero-order chi connectivity index (χ0) is 29.4. The molecule has 6 heteroatoms. The fourth-order valence-corrected chi connectivity index (χ4v) is 4.79. The Morgan fingerprint density at radius 3 is 1.00 bits per heavy atom. The average Bonchev–Trinajstić information content (AvgIpc) is 2.99. The maximum atomic E-state index is 3.38. The van der Waals surface area contributed by atoms with E-state index in [4.69, 9.17) is 0 Å². The first kappa shape index (κ1) is 39.8. The molecule has 3 heterocycles. The summed E-state index contributed by atoms with van der Waals surface area (Å²) in [6.45, 7) is 9.36. The Morgan fingerprint density at radius 2 is 0.733 bits per heavy atom. The molecule has 0 N–H and O–H groups in total. The largest absolute Gasteiger partial charge is 1.00 e. The first-order valence-corrected chi connectivity index (χ1v) is 15.1. The highest BCUT2D eigenvalue weighted by Crippen LogP contribution is 2.09. The smallest absolute Gasteiger partial charge is 0.178 e. The lowest BCUT2D eigenvalue weighted by atomic mass is 10.1. The number of halogens is 3. The van der Waals surface area contributed by atoms with Gasteiger partial charge in [0.2, 0.25) is 0 Å². The molecule has 0 bridgehead atoms. The van der Waals surface area contributed by atoms with E-state index in [0.717, 1.165) is 74.8 Å². The first-order valence-electron chi connectivity index (χ1n) is 15.1. The Hall–Kier alpha value is -3.21. The highest BCUT2D eigenvalue weighted by molar-refractivity contribution is 5.51. The van der Waals surface area contributed by atoms with Crippen molar-refractivity contribution in [1.82, 2.24) is 0 Å². The van der Waals surface area contributed by atoms with Crippen molar-refractivity contribution in [3.63, 3.8) is 0 Å². The molecule has 0 radical (unpaired) electrons. The molecule has 45 heavy (non-hydrogen) atoms. The Morgan fingerprint density at radius 1 is 0.444 bits per heavy atom. The number of nitrogens with zero attached hydrogens (tertiary/aromatic N) is 3. The van der Waals surface area contributed by atoms with Gasteiger partial charge in [-0.25, -0.2) is 13.7 Å². The van der Waals surface area contributed by atoms with Crippen LogP contribution in [0.3, 0.4) is 0 Å². The highest BCUT2D eigenvalue weighted by Gasteiger charge is 2.05. The van der Waals surface area contributed by atoms with Crippen molar-refractivity contribution in [3.8, 4) is 35.5 Å². The topological polar surface area (TPSA) is 11.6 Å². The molecule has 0 unspecified atom stereocenters. The molecule has 234 valence electrons. The van der Waals surface area contributed by atoms with Crippen LogP contribution >= 0.6 is 0 Å². The van der Waals surface area contributed by atoms with Crippen LogP contribution in [0, 0.1) is 56.3 Å². The van der Waals surface area contributed by atoms with Crippen molar-refractivity contribution in [2.75, 3.05) is 0 Å². The third kappa shape index (κ3) is 14.2. The van der Waals surface area contributed by atoms with Crippen LogP contribution in [0.25, 0.3) is 0 Å². The van der Waals surface area contributed by atoms with Crippen LogP contribution in [0.15, 0.2) is 91.4 Å². The Kier molecular flexibility index (Phi) is 19.7. The average molecular weight is 792 g/mol. The molecule has 0 aliphatic heterocycles. The van der Waals surface area contributed by atoms with Crippen LogP contribution < -0.4 is 64.6 Å². The summed E-state index contributed by atoms with van der Waals surface area (Å²) in [6, 6.07) is 25.2. The number of hydrogen-bond donors (Lipinski definition) is 0. The van der Waals surface area contributed by atoms with Crippen molar-refractivity contribution >= 4 is 0 Å². The Bertz CT molecular complexity index is 1470. The second-order valence-corrected chi connectivity index (χ2v) is 10.6. The minimum atomic E-state index is 0. The van der Waals surface area contributed by atoms with Crippen molar-refractivity contribution < 1.29 is 64.6 Å². The van der Waals surface area contributed by atoms with E-state index < -0.39 is 0 Å². The third-order valence-electron chi connectivity index (χ3n) is 7.24. The van der Waals surface area contributed by atoms with Gasteiger partial charge in [0.05, 0.1) is 0 Å². The molecule has 3 aromatic heterocycles. The maximum Gasteiger partial charge on any atom is 0.178 e. The van der Waals surface area contributed by atoms with Gasteiger partial charge < -0.3 is 50.9 Å². The molecule has 0 atom stereocenters. The number of hydrogen-bond acceptors (Lipinski definition) is 0. The van der Waals surface area contributed by atoms with E-state index in [1.165, 1.54) is 17.1 Å². The Balaban J connectivity index is 0.00000337. The van der Waals surface area contributed by atoms with Crippen LogP contribution in [-0.4, -0.2) is 0 Å². The third-order valence-corrected chi connectivity index (χ3v) is 7.24. The predicted octanol–water partition coefficient (Wildman–Crippen LogP) is -3.02. The molecule has 0 saturated carbocycles. The molecule has 4 rings (SSSR count). The van der Waals surface area contributed by atoms with Gasteiger partial charge in [0.25, 0.3) is 0 Å². The van der Waals surface area contributed by atoms with Crippen molar-refractivity contribution in [2.45, 2.75) is 78.9 Å². The standard InChI is InChI=1S/C39H42N3.3BrH/c1-34-19-10-16-28-40(34)25-13-4-7-22-37-31-38(23-8-5-14-26-41-29-17-11-20-35(41)2)33-39(32-37)24-9-6-15-27-42-30-18-12-21-36(42)3;;;/h10-12,16-21,28-33H,4-6,13-15,25-27H2,1-3H3;3*1H/q+3;;;/p-3. The molecule has 3 nitrogen and oxygen atoms in total. The van der Waals surface area contributed by atoms with E-state index in [-0.39, 0.29) is 50.9 Å². The van der Waals surface area contributed by atoms with Gasteiger partial charge in [-0.3, -0.25) is 0 Å². The number of rotatable bonds is 9. The summed E-state index contributed by atoms with van der Waals surface area (Å²) in [5, 5.41) is 0. The summed E-state index contributed by atoms with van der Waals surface area (Å²) in [7, 11) is 0. The van der Waals surface area contributed by atoms with Crippen molar-refractivity contribution in [1.29, 1.82) is 0 Å². The lowest BCUT2D eigenvalue weighted by molar-refractivity contribution is -0.703. The molecular formula is C39H42Br3N3. The zero-order valence-electron chi connectivity index (χ0n) is 26.5. The molecule has 0 fully saturated rings. The summed E-state index contributed by atoms with van der Waals surface area (Å²) in [6.07, 6.45) is 12.0. The summed E-state index contributed by atoms with van der Waals surface area (Å²) in [5.41, 5.74) is 6.78. The summed E-state index contributed by atoms with van der Waals surface area (Å²) in [4.78, 5) is 0. The number of pyridine rings is 3. The van der Waals surface area contributed by atoms with E-state index in [9.17, 15) is 0 Å². The van der Waals surface area contributed by atoms with E-state index in [1.807, 2.05) is 0 Å². The van der Waals surface area contributed by atoms with Gasteiger partial charge in [-0.2, -0.15) is 0 Å². The maximum absolute atomic E-state index is 3.38. The van der Waals surface area contributed by atoms with Crippen molar-refractivity contribution in [3.05, 3.63) is 125 Å². The van der Waals surface area contributed by atoms with Gasteiger partial charge >= 0.3 is 0 Å². The number of unbranched alkanes of at least 4 members (excludes halogenated alkanes) is 3. The second kappa shape index (κ2) is 22.3. The monoisotopic (exact) mass is 789 g/mol. The number of benzene rings is 1. The molecule has 0 aliphatic rings. The SMILES string of the molecule is Cc1cccc[n+]1CCCC#Cc1cc(C#CCCC[n+]2ccccc2C)cc(C#CCCC[n+]2ccccc2C)c1.[Br-].[Br-].[Br-]. The molecule has 0 spiro atoms. The van der Waals surface area contributed by atoms with Gasteiger partial charge in [-0.1, -0.05) is 53.7 Å². The second-order valence-electron chi connectivity index (χ2n) is 10.6. The van der Waals surface area contributed by atoms with Crippen LogP contribution in [0.5, 0.6) is 0 Å². The van der Waals surface area contributed by atoms with Gasteiger partial charge in [0, 0.05) is 112 Å². The molecule has 0 aliphatic carbocycles. The summed E-state index contributed by atoms with van der Waals surface area (Å²) in [5.74, 6) is 20.3. The van der Waals surface area contributed by atoms with Crippen LogP contribution in [0.4, 0.5) is 0 Å². The first-order chi connectivity index (χ1) is 20.6. The van der Waals surface area contributed by atoms with E-state index in [2.05, 4.69) is 161 Å². The highest BCUT2D eigenvalue weighted by atomic mass is 79.9. The van der Waals surface area contributed by atoms with E-state index in [0.29, 0.717) is 0 Å². The molecule has 0 saturated heterocycles. The minimum Gasteiger partial charge on any atom is -1.00 e. The number of aryl methyl sites for hydroxylation is 6. The normalized spacial score (nSPS) is 9.40. The van der Waals surface area contributed by atoms with Gasteiger partial charge in [0.1, 0.15) is 19.6 Å². The van der Waals surface area contributed by atoms with E-state index in [1.54, 1.807) is 0 Å². The fourth-order valence-electron chi connectivity index (χ4n) is 4.79. The minimum absolute atomic E-state index is 0. The van der Waals surface area contributed by atoms with Crippen LogP contribution in [0.1, 0.15) is 72.3 Å². The lowest BCUT2D eigenvalue weighted by Crippen LogP contribution is -3.00. The van der Waals surface area contributed by atoms with Gasteiger partial charge in [-0.15, -0.1) is 0 Å². The van der Waals surface area contributed by atoms with Crippen molar-refractivity contribution in [2.24, 2.45) is 0 Å².